The van der Waals surface area contributed by atoms with E-state index in [1.807, 2.05) is 17.0 Å². The predicted molar refractivity (Wildman–Crippen MR) is 93.6 cm³/mol. The van der Waals surface area contributed by atoms with Crippen LogP contribution in [-0.4, -0.2) is 58.4 Å². The smallest absolute Gasteiger partial charge is 0.228 e. The summed E-state index contributed by atoms with van der Waals surface area (Å²) >= 11 is 0. The molecule has 1 atom stereocenters. The molecule has 1 aromatic heterocycles. The van der Waals surface area contributed by atoms with E-state index in [2.05, 4.69) is 18.8 Å². The minimum absolute atomic E-state index is 0.0562. The molecule has 0 spiro atoms. The zero-order valence-electron chi connectivity index (χ0n) is 15.1. The lowest BCUT2D eigenvalue weighted by Crippen LogP contribution is -2.54. The molecule has 1 aromatic rings. The largest absolute Gasteiger partial charge is 0.371 e. The number of carbonyl (C=O) groups excluding carboxylic acids is 2. The van der Waals surface area contributed by atoms with Gasteiger partial charge in [-0.1, -0.05) is 13.8 Å². The van der Waals surface area contributed by atoms with Gasteiger partial charge in [0.05, 0.1) is 18.1 Å². The number of amides is 2. The standard InChI is InChI=1S/C19H27N3O3/c1-3-19(4-2)14-21(9-10-25-19)18(24)16-11-17(23)22(13-16)12-15-5-7-20-8-6-15/h5-8,16H,3-4,9-14H2,1-2H3/t16-/m0/s1. The summed E-state index contributed by atoms with van der Waals surface area (Å²) in [5.74, 6) is -0.0836. The summed E-state index contributed by atoms with van der Waals surface area (Å²) in [5, 5.41) is 0. The average Bonchev–Trinajstić information content (AvgIpc) is 3.02. The van der Waals surface area contributed by atoms with Crippen LogP contribution >= 0.6 is 0 Å². The average molecular weight is 345 g/mol. The second kappa shape index (κ2) is 7.52. The van der Waals surface area contributed by atoms with E-state index < -0.39 is 0 Å². The van der Waals surface area contributed by atoms with Crippen molar-refractivity contribution in [2.24, 2.45) is 5.92 Å². The number of ether oxygens (including phenoxy) is 1. The molecule has 3 heterocycles. The molecule has 2 amide bonds. The molecule has 0 radical (unpaired) electrons. The van der Waals surface area contributed by atoms with E-state index >= 15 is 0 Å². The van der Waals surface area contributed by atoms with Crippen molar-refractivity contribution in [3.63, 3.8) is 0 Å². The summed E-state index contributed by atoms with van der Waals surface area (Å²) < 4.78 is 5.95. The maximum atomic E-state index is 12.9. The Morgan fingerprint density at radius 2 is 2.04 bits per heavy atom. The number of morpholine rings is 1. The zero-order valence-corrected chi connectivity index (χ0v) is 15.1. The van der Waals surface area contributed by atoms with Crippen LogP contribution in [-0.2, 0) is 20.9 Å². The quantitative estimate of drug-likeness (QED) is 0.817. The van der Waals surface area contributed by atoms with Crippen LogP contribution in [0, 0.1) is 5.92 Å². The highest BCUT2D eigenvalue weighted by Crippen LogP contribution is 2.28. The van der Waals surface area contributed by atoms with Crippen molar-refractivity contribution < 1.29 is 14.3 Å². The Labute approximate surface area is 149 Å². The van der Waals surface area contributed by atoms with Gasteiger partial charge in [0.1, 0.15) is 0 Å². The van der Waals surface area contributed by atoms with Gasteiger partial charge in [0.15, 0.2) is 0 Å². The van der Waals surface area contributed by atoms with Gasteiger partial charge in [-0.2, -0.15) is 0 Å². The molecule has 25 heavy (non-hydrogen) atoms. The Kier molecular flexibility index (Phi) is 5.37. The first-order chi connectivity index (χ1) is 12.1. The first-order valence-corrected chi connectivity index (χ1v) is 9.16. The van der Waals surface area contributed by atoms with Gasteiger partial charge in [-0.3, -0.25) is 14.6 Å². The van der Waals surface area contributed by atoms with Gasteiger partial charge >= 0.3 is 0 Å². The van der Waals surface area contributed by atoms with Crippen LogP contribution in [0.5, 0.6) is 0 Å². The third-order valence-corrected chi connectivity index (χ3v) is 5.54. The summed E-state index contributed by atoms with van der Waals surface area (Å²) in [7, 11) is 0. The van der Waals surface area contributed by atoms with Crippen LogP contribution in [0.3, 0.4) is 0 Å². The molecule has 2 fully saturated rings. The van der Waals surface area contributed by atoms with Crippen molar-refractivity contribution in [1.29, 1.82) is 0 Å². The van der Waals surface area contributed by atoms with Gasteiger partial charge in [0.25, 0.3) is 0 Å². The Hall–Kier alpha value is -1.95. The Bertz CT molecular complexity index is 616. The SMILES string of the molecule is CCC1(CC)CN(C(=O)[C@H]2CC(=O)N(Cc3ccncc3)C2)CCO1. The van der Waals surface area contributed by atoms with Crippen LogP contribution in [0.4, 0.5) is 0 Å². The lowest BCUT2D eigenvalue weighted by atomic mass is 9.94. The van der Waals surface area contributed by atoms with E-state index in [0.717, 1.165) is 18.4 Å². The van der Waals surface area contributed by atoms with Crippen molar-refractivity contribution in [3.8, 4) is 0 Å². The van der Waals surface area contributed by atoms with Crippen LogP contribution in [0.2, 0.25) is 0 Å². The molecule has 3 rings (SSSR count). The molecule has 2 saturated heterocycles. The molecule has 6 nitrogen and oxygen atoms in total. The Balaban J connectivity index is 1.62. The predicted octanol–water partition coefficient (Wildman–Crippen LogP) is 1.85. The number of hydrogen-bond donors (Lipinski definition) is 0. The third kappa shape index (κ3) is 3.84. The molecule has 0 aliphatic carbocycles. The van der Waals surface area contributed by atoms with E-state index in [1.54, 1.807) is 17.3 Å². The lowest BCUT2D eigenvalue weighted by molar-refractivity contribution is -0.155. The minimum Gasteiger partial charge on any atom is -0.371 e. The molecule has 6 heteroatoms. The molecule has 136 valence electrons. The van der Waals surface area contributed by atoms with Gasteiger partial charge in [-0.15, -0.1) is 0 Å². The first-order valence-electron chi connectivity index (χ1n) is 9.16. The zero-order chi connectivity index (χ0) is 17.9. The number of aromatic nitrogens is 1. The fraction of sp³-hybridized carbons (Fsp3) is 0.632. The lowest BCUT2D eigenvalue weighted by Gasteiger charge is -2.42. The maximum absolute atomic E-state index is 12.9. The summed E-state index contributed by atoms with van der Waals surface area (Å²) in [6, 6.07) is 3.81. The van der Waals surface area contributed by atoms with Crippen molar-refractivity contribution in [2.45, 2.75) is 45.3 Å². The van der Waals surface area contributed by atoms with Crippen LogP contribution < -0.4 is 0 Å². The fourth-order valence-electron chi connectivity index (χ4n) is 3.77. The normalized spacial score (nSPS) is 23.1. The van der Waals surface area contributed by atoms with Gasteiger partial charge in [-0.05, 0) is 30.5 Å². The van der Waals surface area contributed by atoms with Gasteiger partial charge in [0.2, 0.25) is 11.8 Å². The molecule has 0 aromatic carbocycles. The second-order valence-electron chi connectivity index (χ2n) is 7.03. The highest BCUT2D eigenvalue weighted by Gasteiger charge is 2.41. The van der Waals surface area contributed by atoms with E-state index in [-0.39, 0.29) is 23.3 Å². The molecular formula is C19H27N3O3. The van der Waals surface area contributed by atoms with Crippen LogP contribution in [0.25, 0.3) is 0 Å². The summed E-state index contributed by atoms with van der Waals surface area (Å²) in [6.45, 7) is 7.09. The topological polar surface area (TPSA) is 62.7 Å². The molecule has 2 aliphatic rings. The molecule has 0 N–H and O–H groups in total. The number of likely N-dealkylation sites (tertiary alicyclic amines) is 1. The Morgan fingerprint density at radius 3 is 2.72 bits per heavy atom. The molecule has 0 saturated carbocycles. The molecule has 0 bridgehead atoms. The van der Waals surface area contributed by atoms with E-state index in [9.17, 15) is 9.59 Å². The van der Waals surface area contributed by atoms with Gasteiger partial charge in [0, 0.05) is 45.0 Å². The highest BCUT2D eigenvalue weighted by atomic mass is 16.5. The first kappa shape index (κ1) is 17.9. The van der Waals surface area contributed by atoms with Crippen molar-refractivity contribution in [1.82, 2.24) is 14.8 Å². The second-order valence-corrected chi connectivity index (χ2v) is 7.03. The number of nitrogens with zero attached hydrogens (tertiary/aromatic N) is 3. The van der Waals surface area contributed by atoms with Crippen molar-refractivity contribution in [2.75, 3.05) is 26.2 Å². The minimum atomic E-state index is -0.237. The van der Waals surface area contributed by atoms with Gasteiger partial charge < -0.3 is 14.5 Å². The van der Waals surface area contributed by atoms with Gasteiger partial charge in [-0.25, -0.2) is 0 Å². The number of rotatable bonds is 5. The van der Waals surface area contributed by atoms with Crippen molar-refractivity contribution in [3.05, 3.63) is 30.1 Å². The third-order valence-electron chi connectivity index (χ3n) is 5.54. The Morgan fingerprint density at radius 1 is 1.32 bits per heavy atom. The fourth-order valence-corrected chi connectivity index (χ4v) is 3.77. The summed E-state index contributed by atoms with van der Waals surface area (Å²) in [4.78, 5) is 33.0. The molecular weight excluding hydrogens is 318 g/mol. The van der Waals surface area contributed by atoms with E-state index in [0.29, 0.717) is 39.2 Å². The van der Waals surface area contributed by atoms with Crippen LogP contribution in [0.15, 0.2) is 24.5 Å². The number of pyridine rings is 1. The monoisotopic (exact) mass is 345 g/mol. The summed E-state index contributed by atoms with van der Waals surface area (Å²) in [6.07, 6.45) is 5.55. The van der Waals surface area contributed by atoms with Crippen LogP contribution in [0.1, 0.15) is 38.7 Å². The molecule has 0 unspecified atom stereocenters. The van der Waals surface area contributed by atoms with E-state index in [1.165, 1.54) is 0 Å². The number of hydrogen-bond acceptors (Lipinski definition) is 4. The number of carbonyl (C=O) groups is 2. The van der Waals surface area contributed by atoms with Crippen molar-refractivity contribution >= 4 is 11.8 Å². The maximum Gasteiger partial charge on any atom is 0.228 e. The van der Waals surface area contributed by atoms with E-state index in [4.69, 9.17) is 4.74 Å². The highest BCUT2D eigenvalue weighted by molar-refractivity contribution is 5.89. The summed E-state index contributed by atoms with van der Waals surface area (Å²) in [5.41, 5.74) is 0.812. The molecule has 2 aliphatic heterocycles.